The molecule has 0 fully saturated rings. The van der Waals surface area contributed by atoms with Crippen molar-refractivity contribution < 1.29 is 4.39 Å². The van der Waals surface area contributed by atoms with Gasteiger partial charge in [0.1, 0.15) is 5.52 Å². The van der Waals surface area contributed by atoms with Gasteiger partial charge >= 0.3 is 0 Å². The van der Waals surface area contributed by atoms with Crippen molar-refractivity contribution in [1.82, 2.24) is 9.55 Å². The van der Waals surface area contributed by atoms with Gasteiger partial charge in [0, 0.05) is 33.3 Å². The topological polar surface area (TPSA) is 17.8 Å². The average Bonchev–Trinajstić information content (AvgIpc) is 2.75. The number of imidazole rings is 1. The zero-order valence-electron chi connectivity index (χ0n) is 8.80. The van der Waals surface area contributed by atoms with Gasteiger partial charge in [0.25, 0.3) is 0 Å². The molecule has 2 aromatic rings. The lowest BCUT2D eigenvalue weighted by Crippen LogP contribution is -1.95. The first-order valence-electron chi connectivity index (χ1n) is 4.80. The van der Waals surface area contributed by atoms with Crippen LogP contribution in [0.15, 0.2) is 12.4 Å². The predicted octanol–water partition coefficient (Wildman–Crippen LogP) is 4.24. The maximum atomic E-state index is 14.1. The van der Waals surface area contributed by atoms with Crippen LogP contribution in [0.3, 0.4) is 0 Å². The van der Waals surface area contributed by atoms with Crippen LogP contribution < -0.4 is 0 Å². The van der Waals surface area contributed by atoms with Gasteiger partial charge in [-0.15, -0.1) is 0 Å². The van der Waals surface area contributed by atoms with E-state index in [-0.39, 0.29) is 5.02 Å². The summed E-state index contributed by atoms with van der Waals surface area (Å²) in [7, 11) is 1.33. The lowest BCUT2D eigenvalue weighted by Gasteiger charge is -2.03. The first-order valence-corrected chi connectivity index (χ1v) is 8.54. The molecule has 0 spiro atoms. The number of aryl methyl sites for hydroxylation is 1. The molecule has 0 amide bonds. The van der Waals surface area contributed by atoms with E-state index >= 15 is 0 Å². The standard InChI is InChI=1S/C11H7ClFIN2S/c1-2-16-6-15-8-5-7(3-4-17-14)9(12)10(13)11(8)16/h5-6H,2H2,1H3. The van der Waals surface area contributed by atoms with Crippen molar-refractivity contribution in [3.63, 3.8) is 0 Å². The molecule has 0 radical (unpaired) electrons. The van der Waals surface area contributed by atoms with E-state index in [4.69, 9.17) is 11.6 Å². The Bertz CT molecular complexity index is 630. The van der Waals surface area contributed by atoms with Crippen molar-refractivity contribution in [1.29, 1.82) is 0 Å². The van der Waals surface area contributed by atoms with Gasteiger partial charge < -0.3 is 4.57 Å². The number of rotatable bonds is 1. The second-order valence-corrected chi connectivity index (χ2v) is 5.31. The molecule has 1 heterocycles. The molecule has 0 N–H and O–H groups in total. The second kappa shape index (κ2) is 5.46. The van der Waals surface area contributed by atoms with Crippen LogP contribution in [-0.2, 0) is 6.54 Å². The fourth-order valence-corrected chi connectivity index (χ4v) is 2.24. The first-order chi connectivity index (χ1) is 8.19. The zero-order valence-corrected chi connectivity index (χ0v) is 12.5. The summed E-state index contributed by atoms with van der Waals surface area (Å²) in [6, 6.07) is 1.72. The minimum Gasteiger partial charge on any atom is -0.328 e. The fraction of sp³-hybridized carbons (Fsp3) is 0.182. The highest BCUT2D eigenvalue weighted by molar-refractivity contribution is 14.2. The molecule has 0 aliphatic heterocycles. The largest absolute Gasteiger partial charge is 0.328 e. The SMILES string of the molecule is CCn1cnc2cc(C#CSI)c(Cl)c(F)c21. The zero-order chi connectivity index (χ0) is 12.4. The molecule has 17 heavy (non-hydrogen) atoms. The molecule has 1 aromatic carbocycles. The molecule has 1 aromatic heterocycles. The number of hydrogen-bond donors (Lipinski definition) is 0. The van der Waals surface area contributed by atoms with Gasteiger partial charge in [-0.3, -0.25) is 0 Å². The van der Waals surface area contributed by atoms with E-state index in [1.807, 2.05) is 28.1 Å². The van der Waals surface area contributed by atoms with Crippen molar-refractivity contribution in [3.05, 3.63) is 28.8 Å². The maximum absolute atomic E-state index is 14.1. The molecular formula is C11H7ClFIN2S. The van der Waals surface area contributed by atoms with Crippen molar-refractivity contribution in [2.45, 2.75) is 13.5 Å². The van der Waals surface area contributed by atoms with Gasteiger partial charge in [-0.2, -0.15) is 0 Å². The Labute approximate surface area is 120 Å². The van der Waals surface area contributed by atoms with Crippen LogP contribution in [-0.4, -0.2) is 9.55 Å². The number of halogens is 3. The summed E-state index contributed by atoms with van der Waals surface area (Å²) in [6.45, 7) is 2.58. The van der Waals surface area contributed by atoms with Crippen molar-refractivity contribution in [2.24, 2.45) is 0 Å². The van der Waals surface area contributed by atoms with E-state index in [1.54, 1.807) is 17.0 Å². The molecule has 0 atom stereocenters. The summed E-state index contributed by atoms with van der Waals surface area (Å²) in [5.74, 6) is 2.35. The van der Waals surface area contributed by atoms with Crippen LogP contribution in [0, 0.1) is 17.0 Å². The third kappa shape index (κ3) is 2.39. The first kappa shape index (κ1) is 13.0. The lowest BCUT2D eigenvalue weighted by atomic mass is 10.2. The third-order valence-corrected chi connectivity index (χ3v) is 3.56. The fourth-order valence-electron chi connectivity index (χ4n) is 1.57. The smallest absolute Gasteiger partial charge is 0.168 e. The Balaban J connectivity index is 2.72. The molecule has 2 rings (SSSR count). The van der Waals surface area contributed by atoms with Gasteiger partial charge in [0.2, 0.25) is 0 Å². The molecule has 0 saturated carbocycles. The molecule has 0 saturated heterocycles. The van der Waals surface area contributed by atoms with Gasteiger partial charge in [-0.05, 0) is 27.2 Å². The monoisotopic (exact) mass is 380 g/mol. The number of benzene rings is 1. The summed E-state index contributed by atoms with van der Waals surface area (Å²) >= 11 is 8.01. The van der Waals surface area contributed by atoms with E-state index in [0.717, 1.165) is 0 Å². The molecular weight excluding hydrogens is 374 g/mol. The summed E-state index contributed by atoms with van der Waals surface area (Å²) in [6.07, 6.45) is 1.61. The van der Waals surface area contributed by atoms with E-state index in [0.29, 0.717) is 23.1 Å². The van der Waals surface area contributed by atoms with Crippen LogP contribution in [0.2, 0.25) is 5.02 Å². The van der Waals surface area contributed by atoms with Crippen molar-refractivity contribution >= 4 is 52.8 Å². The predicted molar refractivity (Wildman–Crippen MR) is 78.9 cm³/mol. The minimum atomic E-state index is -0.453. The maximum Gasteiger partial charge on any atom is 0.168 e. The van der Waals surface area contributed by atoms with Crippen LogP contribution >= 0.6 is 41.7 Å². The minimum absolute atomic E-state index is 0.0608. The highest BCUT2D eigenvalue weighted by Crippen LogP contribution is 2.28. The highest BCUT2D eigenvalue weighted by Gasteiger charge is 2.14. The van der Waals surface area contributed by atoms with Gasteiger partial charge in [-0.1, -0.05) is 17.5 Å². The molecule has 0 unspecified atom stereocenters. The van der Waals surface area contributed by atoms with Gasteiger partial charge in [0.05, 0.1) is 16.9 Å². The number of aromatic nitrogens is 2. The van der Waals surface area contributed by atoms with Gasteiger partial charge in [-0.25, -0.2) is 9.37 Å². The summed E-state index contributed by atoms with van der Waals surface area (Å²) in [4.78, 5) is 4.15. The van der Waals surface area contributed by atoms with Crippen LogP contribution in [0.1, 0.15) is 12.5 Å². The van der Waals surface area contributed by atoms with E-state index in [1.165, 1.54) is 8.93 Å². The van der Waals surface area contributed by atoms with E-state index in [9.17, 15) is 4.39 Å². The summed E-state index contributed by atoms with van der Waals surface area (Å²) in [5, 5.41) is 2.85. The Morgan fingerprint density at radius 3 is 3.06 bits per heavy atom. The van der Waals surface area contributed by atoms with E-state index < -0.39 is 5.82 Å². The molecule has 0 bridgehead atoms. The molecule has 0 aliphatic carbocycles. The van der Waals surface area contributed by atoms with Crippen LogP contribution in [0.25, 0.3) is 11.0 Å². The quantitative estimate of drug-likeness (QED) is 0.544. The summed E-state index contributed by atoms with van der Waals surface area (Å²) in [5.41, 5.74) is 1.49. The highest BCUT2D eigenvalue weighted by atomic mass is 127. The molecule has 6 heteroatoms. The Kier molecular flexibility index (Phi) is 4.17. The number of hydrogen-bond acceptors (Lipinski definition) is 2. The number of fused-ring (bicyclic) bond motifs is 1. The van der Waals surface area contributed by atoms with Crippen LogP contribution in [0.5, 0.6) is 0 Å². The van der Waals surface area contributed by atoms with Crippen LogP contribution in [0.4, 0.5) is 4.39 Å². The normalized spacial score (nSPS) is 10.4. The lowest BCUT2D eigenvalue weighted by molar-refractivity contribution is 0.626. The third-order valence-electron chi connectivity index (χ3n) is 2.35. The Hall–Kier alpha value is -0.450. The van der Waals surface area contributed by atoms with Gasteiger partial charge in [0.15, 0.2) is 5.82 Å². The van der Waals surface area contributed by atoms with E-state index in [2.05, 4.69) is 16.2 Å². The molecule has 2 nitrogen and oxygen atoms in total. The number of nitrogens with zero attached hydrogens (tertiary/aromatic N) is 2. The molecule has 0 aliphatic rings. The summed E-state index contributed by atoms with van der Waals surface area (Å²) < 4.78 is 15.8. The second-order valence-electron chi connectivity index (χ2n) is 3.25. The van der Waals surface area contributed by atoms with Crippen molar-refractivity contribution in [2.75, 3.05) is 0 Å². The average molecular weight is 381 g/mol. The Morgan fingerprint density at radius 1 is 1.65 bits per heavy atom. The Morgan fingerprint density at radius 2 is 2.41 bits per heavy atom. The van der Waals surface area contributed by atoms with Crippen molar-refractivity contribution in [3.8, 4) is 11.2 Å². The molecule has 88 valence electrons.